The van der Waals surface area contributed by atoms with Gasteiger partial charge in [0, 0.05) is 30.1 Å². The molecule has 0 bridgehead atoms. The smallest absolute Gasteiger partial charge is 0.326 e. The minimum Gasteiger partial charge on any atom is -0.480 e. The van der Waals surface area contributed by atoms with E-state index in [2.05, 4.69) is 25.9 Å². The van der Waals surface area contributed by atoms with Gasteiger partial charge in [0.25, 0.3) is 0 Å². The van der Waals surface area contributed by atoms with Gasteiger partial charge in [-0.2, -0.15) is 0 Å². The van der Waals surface area contributed by atoms with Crippen LogP contribution in [-0.2, 0) is 32.0 Å². The van der Waals surface area contributed by atoms with E-state index in [1.165, 1.54) is 0 Å². The van der Waals surface area contributed by atoms with Crippen LogP contribution in [0, 0.1) is 5.92 Å². The number of hydrogen-bond donors (Lipinski definition) is 8. The lowest BCUT2D eigenvalue weighted by molar-refractivity contribution is -0.142. The molecule has 2 aromatic carbocycles. The third kappa shape index (κ3) is 10.9. The fraction of sp³-hybridized carbons (Fsp3) is 0.406. The largest absolute Gasteiger partial charge is 0.480 e. The van der Waals surface area contributed by atoms with E-state index in [0.717, 1.165) is 22.0 Å². The third-order valence-corrected chi connectivity index (χ3v) is 7.27. The summed E-state index contributed by atoms with van der Waals surface area (Å²) in [5.41, 5.74) is 19.4. The van der Waals surface area contributed by atoms with Gasteiger partial charge >= 0.3 is 5.97 Å². The van der Waals surface area contributed by atoms with E-state index in [4.69, 9.17) is 17.2 Å². The Morgan fingerprint density at radius 3 is 2.13 bits per heavy atom. The number of nitrogens with zero attached hydrogens (tertiary/aromatic N) is 1. The Bertz CT molecular complexity index is 1470. The lowest BCUT2D eigenvalue weighted by Crippen LogP contribution is -2.57. The van der Waals surface area contributed by atoms with Gasteiger partial charge in [-0.3, -0.25) is 19.4 Å². The summed E-state index contributed by atoms with van der Waals surface area (Å²) >= 11 is 0. The first-order valence-corrected chi connectivity index (χ1v) is 15.0. The summed E-state index contributed by atoms with van der Waals surface area (Å²) in [4.78, 5) is 59.3. The summed E-state index contributed by atoms with van der Waals surface area (Å²) in [6.07, 6.45) is 2.78. The Kier molecular flexibility index (Phi) is 12.9. The van der Waals surface area contributed by atoms with Crippen molar-refractivity contribution in [1.29, 1.82) is 0 Å². The first-order valence-electron chi connectivity index (χ1n) is 15.0. The van der Waals surface area contributed by atoms with E-state index in [1.54, 1.807) is 6.20 Å². The monoisotopic (exact) mass is 620 g/mol. The lowest BCUT2D eigenvalue weighted by atomic mass is 10.00. The fourth-order valence-electron chi connectivity index (χ4n) is 4.98. The van der Waals surface area contributed by atoms with Crippen LogP contribution in [0.1, 0.15) is 44.2 Å². The second kappa shape index (κ2) is 16.8. The summed E-state index contributed by atoms with van der Waals surface area (Å²) in [5.74, 6) is -3.11. The molecule has 3 aromatic rings. The number of para-hydroxylation sites is 1. The minimum atomic E-state index is -1.24. The molecule has 0 saturated carbocycles. The first kappa shape index (κ1) is 34.6. The van der Waals surface area contributed by atoms with Crippen LogP contribution in [0.5, 0.6) is 0 Å². The van der Waals surface area contributed by atoms with Gasteiger partial charge < -0.3 is 43.2 Å². The zero-order valence-corrected chi connectivity index (χ0v) is 25.7. The Hall–Kier alpha value is -4.91. The highest BCUT2D eigenvalue weighted by Crippen LogP contribution is 2.19. The first-order chi connectivity index (χ1) is 21.4. The number of amides is 3. The number of aromatic nitrogens is 1. The average molecular weight is 621 g/mol. The molecule has 0 spiro atoms. The van der Waals surface area contributed by atoms with Gasteiger partial charge in [0.1, 0.15) is 18.1 Å². The molecule has 4 atom stereocenters. The van der Waals surface area contributed by atoms with Crippen LogP contribution < -0.4 is 33.2 Å². The van der Waals surface area contributed by atoms with Crippen molar-refractivity contribution < 1.29 is 24.3 Å². The molecule has 13 heteroatoms. The number of benzene rings is 2. The zero-order chi connectivity index (χ0) is 32.9. The highest BCUT2D eigenvalue weighted by Gasteiger charge is 2.31. The normalized spacial score (nSPS) is 13.8. The number of carboxylic acid groups (broad SMARTS) is 1. The number of aliphatic imine (C=N–C) groups is 1. The number of hydrogen-bond acceptors (Lipinski definition) is 6. The third-order valence-electron chi connectivity index (χ3n) is 7.27. The van der Waals surface area contributed by atoms with Gasteiger partial charge in [-0.1, -0.05) is 62.4 Å². The number of nitrogens with two attached hydrogens (primary N) is 3. The molecule has 0 aliphatic carbocycles. The Morgan fingerprint density at radius 1 is 0.844 bits per heavy atom. The number of carboxylic acids is 1. The van der Waals surface area contributed by atoms with E-state index < -0.39 is 47.9 Å². The van der Waals surface area contributed by atoms with Crippen molar-refractivity contribution in [2.75, 3.05) is 6.54 Å². The molecule has 3 rings (SSSR count). The predicted octanol–water partition coefficient (Wildman–Crippen LogP) is 0.919. The molecular formula is C32H44N8O5. The number of fused-ring (bicyclic) bond motifs is 1. The predicted molar refractivity (Wildman–Crippen MR) is 173 cm³/mol. The lowest BCUT2D eigenvalue weighted by Gasteiger charge is -2.26. The van der Waals surface area contributed by atoms with Crippen LogP contribution in [0.3, 0.4) is 0 Å². The van der Waals surface area contributed by atoms with Crippen molar-refractivity contribution in [3.05, 3.63) is 71.9 Å². The van der Waals surface area contributed by atoms with Crippen molar-refractivity contribution in [2.24, 2.45) is 28.1 Å². The summed E-state index contributed by atoms with van der Waals surface area (Å²) in [6, 6.07) is 12.4. The standard InChI is InChI=1S/C32H44N8O5/c1-19(2)15-26(30(43)40-27(31(44)45)17-21-18-37-24-12-7-6-11-22(21)24)39-29(42)25(13-8-14-36-32(34)35)38-28(41)23(33)16-20-9-4-3-5-10-20/h3-7,9-12,18-19,23,25-27,37H,8,13-17,33H2,1-2H3,(H,38,41)(H,39,42)(H,40,43)(H,44,45)(H4,34,35,36). The second-order valence-electron chi connectivity index (χ2n) is 11.5. The number of aromatic amines is 1. The fourth-order valence-corrected chi connectivity index (χ4v) is 4.98. The Balaban J connectivity index is 1.73. The second-order valence-corrected chi connectivity index (χ2v) is 11.5. The van der Waals surface area contributed by atoms with Crippen molar-refractivity contribution in [2.45, 2.75) is 70.1 Å². The molecule has 1 aromatic heterocycles. The van der Waals surface area contributed by atoms with Crippen LogP contribution in [0.4, 0.5) is 0 Å². The average Bonchev–Trinajstić information content (AvgIpc) is 3.40. The van der Waals surface area contributed by atoms with Gasteiger partial charge in [-0.15, -0.1) is 0 Å². The summed E-state index contributed by atoms with van der Waals surface area (Å²) < 4.78 is 0. The molecule has 4 unspecified atom stereocenters. The maximum Gasteiger partial charge on any atom is 0.326 e. The molecule has 0 saturated heterocycles. The van der Waals surface area contributed by atoms with Gasteiger partial charge in [0.05, 0.1) is 6.04 Å². The van der Waals surface area contributed by atoms with E-state index in [0.29, 0.717) is 6.42 Å². The molecule has 0 aliphatic rings. The van der Waals surface area contributed by atoms with Crippen molar-refractivity contribution in [3.8, 4) is 0 Å². The summed E-state index contributed by atoms with van der Waals surface area (Å²) in [6.45, 7) is 3.98. The molecule has 3 amide bonds. The van der Waals surface area contributed by atoms with Crippen LogP contribution in [0.15, 0.2) is 65.8 Å². The Morgan fingerprint density at radius 2 is 1.47 bits per heavy atom. The summed E-state index contributed by atoms with van der Waals surface area (Å²) in [7, 11) is 0. The molecule has 242 valence electrons. The quantitative estimate of drug-likeness (QED) is 0.0613. The number of carbonyl (C=O) groups is 4. The summed E-state index contributed by atoms with van der Waals surface area (Å²) in [5, 5.41) is 18.8. The van der Waals surface area contributed by atoms with E-state index >= 15 is 0 Å². The number of carbonyl (C=O) groups excluding carboxylic acids is 3. The van der Waals surface area contributed by atoms with Crippen molar-refractivity contribution in [3.63, 3.8) is 0 Å². The van der Waals surface area contributed by atoms with Gasteiger partial charge in [0.15, 0.2) is 5.96 Å². The molecule has 11 N–H and O–H groups in total. The minimum absolute atomic E-state index is 0.0212. The molecule has 0 radical (unpaired) electrons. The van der Waals surface area contributed by atoms with Crippen LogP contribution in [0.25, 0.3) is 10.9 Å². The highest BCUT2D eigenvalue weighted by molar-refractivity contribution is 5.94. The molecule has 1 heterocycles. The maximum absolute atomic E-state index is 13.6. The van der Waals surface area contributed by atoms with Crippen molar-refractivity contribution >= 4 is 40.6 Å². The van der Waals surface area contributed by atoms with Gasteiger partial charge in [-0.25, -0.2) is 4.79 Å². The highest BCUT2D eigenvalue weighted by atomic mass is 16.4. The molecular weight excluding hydrogens is 576 g/mol. The number of rotatable bonds is 17. The molecule has 13 nitrogen and oxygen atoms in total. The number of aliphatic carboxylic acids is 1. The van der Waals surface area contributed by atoms with E-state index in [1.807, 2.05) is 68.4 Å². The van der Waals surface area contributed by atoms with Crippen LogP contribution in [0.2, 0.25) is 0 Å². The topological polar surface area (TPSA) is 231 Å². The van der Waals surface area contributed by atoms with E-state index in [-0.39, 0.29) is 44.1 Å². The SMILES string of the molecule is CC(C)CC(NC(=O)C(CCCN=C(N)N)NC(=O)C(N)Cc1ccccc1)C(=O)NC(Cc1c[nH]c2ccccc12)C(=O)O. The number of H-pyrrole nitrogens is 1. The maximum atomic E-state index is 13.6. The van der Waals surface area contributed by atoms with Crippen LogP contribution >= 0.6 is 0 Å². The zero-order valence-electron chi connectivity index (χ0n) is 25.7. The van der Waals surface area contributed by atoms with Crippen molar-refractivity contribution in [1.82, 2.24) is 20.9 Å². The van der Waals surface area contributed by atoms with Gasteiger partial charge in [0.2, 0.25) is 17.7 Å². The number of guanidine groups is 1. The molecule has 45 heavy (non-hydrogen) atoms. The van der Waals surface area contributed by atoms with Crippen LogP contribution in [-0.4, -0.2) is 70.5 Å². The van der Waals surface area contributed by atoms with Gasteiger partial charge in [-0.05, 0) is 48.8 Å². The molecule has 0 fully saturated rings. The van der Waals surface area contributed by atoms with E-state index in [9.17, 15) is 24.3 Å². The number of nitrogens with one attached hydrogen (secondary N) is 4. The molecule has 0 aliphatic heterocycles. The Labute approximate surface area is 262 Å².